The third kappa shape index (κ3) is 5.47. The van der Waals surface area contributed by atoms with Gasteiger partial charge in [0.1, 0.15) is 0 Å². The van der Waals surface area contributed by atoms with E-state index in [9.17, 15) is 4.79 Å². The molecule has 3 aliphatic rings. The predicted molar refractivity (Wildman–Crippen MR) is 99.9 cm³/mol. The van der Waals surface area contributed by atoms with E-state index in [-0.39, 0.29) is 5.92 Å². The lowest BCUT2D eigenvalue weighted by molar-refractivity contribution is -0.126. The van der Waals surface area contributed by atoms with E-state index in [4.69, 9.17) is 0 Å². The molecule has 1 saturated heterocycles. The molecule has 0 spiro atoms. The largest absolute Gasteiger partial charge is 0.352 e. The van der Waals surface area contributed by atoms with Crippen LogP contribution in [-0.2, 0) is 4.79 Å². The van der Waals surface area contributed by atoms with Gasteiger partial charge in [-0.2, -0.15) is 0 Å². The van der Waals surface area contributed by atoms with Gasteiger partial charge in [-0.05, 0) is 44.1 Å². The van der Waals surface area contributed by atoms with Gasteiger partial charge in [-0.25, -0.2) is 0 Å². The second kappa shape index (κ2) is 9.79. The van der Waals surface area contributed by atoms with E-state index in [1.165, 1.54) is 70.6 Å². The molecule has 0 aromatic heterocycles. The van der Waals surface area contributed by atoms with Crippen LogP contribution in [0.15, 0.2) is 0 Å². The Balaban J connectivity index is 1.47. The van der Waals surface area contributed by atoms with Crippen molar-refractivity contribution in [1.82, 2.24) is 10.6 Å². The van der Waals surface area contributed by atoms with Gasteiger partial charge < -0.3 is 10.6 Å². The lowest BCUT2D eigenvalue weighted by Crippen LogP contribution is -2.40. The lowest BCUT2D eigenvalue weighted by atomic mass is 9.80. The Bertz CT molecular complexity index is 368. The summed E-state index contributed by atoms with van der Waals surface area (Å²) in [6.07, 6.45) is 18.9. The quantitative estimate of drug-likeness (QED) is 0.751. The van der Waals surface area contributed by atoms with Crippen molar-refractivity contribution in [3.8, 4) is 0 Å². The monoisotopic (exact) mass is 334 g/mol. The first-order valence-electron chi connectivity index (χ1n) is 10.8. The van der Waals surface area contributed by atoms with Crippen molar-refractivity contribution in [3.63, 3.8) is 0 Å². The molecule has 2 saturated carbocycles. The van der Waals surface area contributed by atoms with Gasteiger partial charge in [0.15, 0.2) is 0 Å². The average molecular weight is 335 g/mol. The van der Waals surface area contributed by atoms with Crippen molar-refractivity contribution in [1.29, 1.82) is 0 Å². The highest BCUT2D eigenvalue weighted by Gasteiger charge is 2.29. The Morgan fingerprint density at radius 1 is 0.708 bits per heavy atom. The summed E-state index contributed by atoms with van der Waals surface area (Å²) in [5, 5.41) is 6.64. The van der Waals surface area contributed by atoms with Gasteiger partial charge in [0.2, 0.25) is 5.91 Å². The molecule has 3 heteroatoms. The van der Waals surface area contributed by atoms with Crippen molar-refractivity contribution < 1.29 is 4.79 Å². The first kappa shape index (κ1) is 18.2. The first-order valence-corrected chi connectivity index (χ1v) is 10.8. The number of hydrogen-bond donors (Lipinski definition) is 2. The Kier molecular flexibility index (Phi) is 7.44. The standard InChI is InChI=1S/C21H38N2O/c24-21(23-20-14-15-22-16-20)19-11-7-10-18(12-13-19)17-8-5-3-1-2-4-6-9-17/h17-20,22H,1-16H2,(H,23,24)/t18?,19?,20-/m1/s1. The fourth-order valence-electron chi connectivity index (χ4n) is 5.30. The third-order valence-corrected chi connectivity index (χ3v) is 6.86. The summed E-state index contributed by atoms with van der Waals surface area (Å²) in [6, 6.07) is 0.380. The van der Waals surface area contributed by atoms with Gasteiger partial charge in [0, 0.05) is 18.5 Å². The Morgan fingerprint density at radius 2 is 1.38 bits per heavy atom. The minimum absolute atomic E-state index is 0.284. The maximum Gasteiger partial charge on any atom is 0.223 e. The topological polar surface area (TPSA) is 41.1 Å². The SMILES string of the molecule is O=C(N[C@@H]1CCNC1)C1CCCC(C2CCCCCCCC2)CC1. The van der Waals surface area contributed by atoms with Crippen molar-refractivity contribution in [3.05, 3.63) is 0 Å². The summed E-state index contributed by atoms with van der Waals surface area (Å²) in [5.74, 6) is 2.48. The highest BCUT2D eigenvalue weighted by Crippen LogP contribution is 2.37. The number of nitrogens with one attached hydrogen (secondary N) is 2. The molecule has 1 amide bonds. The molecule has 3 fully saturated rings. The molecule has 3 nitrogen and oxygen atoms in total. The van der Waals surface area contributed by atoms with E-state index < -0.39 is 0 Å². The van der Waals surface area contributed by atoms with Crippen LogP contribution in [0.3, 0.4) is 0 Å². The number of rotatable bonds is 3. The molecular weight excluding hydrogens is 296 g/mol. The van der Waals surface area contributed by atoms with Gasteiger partial charge >= 0.3 is 0 Å². The molecule has 2 N–H and O–H groups in total. The zero-order valence-corrected chi connectivity index (χ0v) is 15.5. The highest BCUT2D eigenvalue weighted by atomic mass is 16.1. The van der Waals surface area contributed by atoms with Gasteiger partial charge in [0.25, 0.3) is 0 Å². The maximum absolute atomic E-state index is 12.6. The number of carbonyl (C=O) groups excluding carboxylic acids is 1. The third-order valence-electron chi connectivity index (χ3n) is 6.86. The molecular formula is C21H38N2O. The van der Waals surface area contributed by atoms with E-state index in [1.807, 2.05) is 0 Å². The van der Waals surface area contributed by atoms with Crippen molar-refractivity contribution >= 4 is 5.91 Å². The molecule has 0 bridgehead atoms. The van der Waals surface area contributed by atoms with Crippen LogP contribution in [-0.4, -0.2) is 25.0 Å². The minimum atomic E-state index is 0.284. The molecule has 1 heterocycles. The molecule has 0 aromatic rings. The molecule has 2 aliphatic carbocycles. The minimum Gasteiger partial charge on any atom is -0.352 e. The van der Waals surface area contributed by atoms with E-state index >= 15 is 0 Å². The van der Waals surface area contributed by atoms with Crippen LogP contribution >= 0.6 is 0 Å². The summed E-state index contributed by atoms with van der Waals surface area (Å²) in [7, 11) is 0. The molecule has 2 unspecified atom stereocenters. The molecule has 0 aromatic carbocycles. The second-order valence-electron chi connectivity index (χ2n) is 8.62. The number of carbonyl (C=O) groups is 1. The molecule has 3 atom stereocenters. The highest BCUT2D eigenvalue weighted by molar-refractivity contribution is 5.79. The van der Waals surface area contributed by atoms with E-state index in [2.05, 4.69) is 10.6 Å². The normalized spacial score (nSPS) is 33.9. The van der Waals surface area contributed by atoms with Crippen molar-refractivity contribution in [2.24, 2.45) is 17.8 Å². The van der Waals surface area contributed by atoms with Crippen LogP contribution in [0.4, 0.5) is 0 Å². The molecule has 24 heavy (non-hydrogen) atoms. The summed E-state index contributed by atoms with van der Waals surface area (Å²) in [4.78, 5) is 12.6. The van der Waals surface area contributed by atoms with Gasteiger partial charge in [-0.15, -0.1) is 0 Å². The van der Waals surface area contributed by atoms with Crippen LogP contribution < -0.4 is 10.6 Å². The van der Waals surface area contributed by atoms with Crippen LogP contribution in [0, 0.1) is 17.8 Å². The molecule has 138 valence electrons. The molecule has 3 rings (SSSR count). The van der Waals surface area contributed by atoms with Gasteiger partial charge in [0.05, 0.1) is 0 Å². The zero-order valence-electron chi connectivity index (χ0n) is 15.5. The fraction of sp³-hybridized carbons (Fsp3) is 0.952. The van der Waals surface area contributed by atoms with Crippen LogP contribution in [0.5, 0.6) is 0 Å². The predicted octanol–water partition coefficient (Wildman–Crippen LogP) is 4.41. The van der Waals surface area contributed by atoms with Crippen molar-refractivity contribution in [2.45, 2.75) is 95.9 Å². The van der Waals surface area contributed by atoms with Gasteiger partial charge in [-0.1, -0.05) is 64.2 Å². The average Bonchev–Trinajstić information content (AvgIpc) is 3.02. The van der Waals surface area contributed by atoms with Crippen LogP contribution in [0.2, 0.25) is 0 Å². The van der Waals surface area contributed by atoms with Crippen LogP contribution in [0.25, 0.3) is 0 Å². The lowest BCUT2D eigenvalue weighted by Gasteiger charge is -2.26. The smallest absolute Gasteiger partial charge is 0.223 e. The number of hydrogen-bond acceptors (Lipinski definition) is 2. The summed E-state index contributed by atoms with van der Waals surface area (Å²) in [5.41, 5.74) is 0. The van der Waals surface area contributed by atoms with E-state index in [1.54, 1.807) is 0 Å². The zero-order chi connectivity index (χ0) is 16.6. The Morgan fingerprint density at radius 3 is 2.08 bits per heavy atom. The molecule has 0 radical (unpaired) electrons. The second-order valence-corrected chi connectivity index (χ2v) is 8.62. The number of amides is 1. The summed E-state index contributed by atoms with van der Waals surface area (Å²) in [6.45, 7) is 2.02. The summed E-state index contributed by atoms with van der Waals surface area (Å²) >= 11 is 0. The molecule has 1 aliphatic heterocycles. The van der Waals surface area contributed by atoms with Crippen molar-refractivity contribution in [2.75, 3.05) is 13.1 Å². The van der Waals surface area contributed by atoms with Gasteiger partial charge in [-0.3, -0.25) is 4.79 Å². The fourth-order valence-corrected chi connectivity index (χ4v) is 5.30. The van der Waals surface area contributed by atoms with E-state index in [0.29, 0.717) is 11.9 Å². The van der Waals surface area contributed by atoms with Crippen LogP contribution in [0.1, 0.15) is 89.9 Å². The summed E-state index contributed by atoms with van der Waals surface area (Å²) < 4.78 is 0. The Labute approximate surface area is 148 Å². The van der Waals surface area contributed by atoms with E-state index in [0.717, 1.165) is 44.2 Å². The Hall–Kier alpha value is -0.570. The first-order chi connectivity index (χ1) is 11.8. The maximum atomic E-state index is 12.6.